The molecule has 12 heteroatoms. The van der Waals surface area contributed by atoms with E-state index in [1.54, 1.807) is 17.0 Å². The Labute approximate surface area is 212 Å². The van der Waals surface area contributed by atoms with Crippen molar-refractivity contribution in [3.63, 3.8) is 0 Å². The molecule has 1 fully saturated rings. The Morgan fingerprint density at radius 3 is 2.69 bits per heavy atom. The zero-order valence-corrected chi connectivity index (χ0v) is 20.8. The first-order valence-electron chi connectivity index (χ1n) is 11.6. The number of piperidine rings is 1. The molecule has 1 aliphatic rings. The second kappa shape index (κ2) is 11.0. The maximum Gasteiger partial charge on any atom is 0.234 e. The summed E-state index contributed by atoms with van der Waals surface area (Å²) in [5.74, 6) is -0.325. The van der Waals surface area contributed by atoms with E-state index < -0.39 is 11.7 Å². The van der Waals surface area contributed by atoms with Crippen LogP contribution in [0.3, 0.4) is 0 Å². The van der Waals surface area contributed by atoms with Crippen LogP contribution in [0.2, 0.25) is 5.02 Å². The Balaban J connectivity index is 1.45. The van der Waals surface area contributed by atoms with E-state index >= 15 is 4.39 Å². The number of likely N-dealkylation sites (tertiary alicyclic amines) is 1. The number of aldehydes is 1. The quantitative estimate of drug-likeness (QED) is 0.264. The lowest BCUT2D eigenvalue weighted by Crippen LogP contribution is -2.43. The number of halogens is 2. The number of aryl methyl sites for hydroxylation is 2. The number of hydrogen-bond donors (Lipinski definition) is 4. The maximum atomic E-state index is 15.1. The topological polar surface area (TPSA) is 142 Å². The summed E-state index contributed by atoms with van der Waals surface area (Å²) in [6.45, 7) is 4.79. The molecule has 0 aliphatic carbocycles. The molecule has 1 unspecified atom stereocenters. The SMILES string of the molecule is Cc1cc(Nc2nc(Nc3cc(C)c(C4CCN(C(=O)C(C=O)CN)CC4)cc3F)ncc2Cl)n[nH]1. The van der Waals surface area contributed by atoms with Crippen molar-refractivity contribution in [3.05, 3.63) is 52.1 Å². The van der Waals surface area contributed by atoms with Crippen LogP contribution in [0.15, 0.2) is 24.4 Å². The van der Waals surface area contributed by atoms with Gasteiger partial charge in [0.15, 0.2) is 11.6 Å². The van der Waals surface area contributed by atoms with Gasteiger partial charge in [-0.05, 0) is 55.9 Å². The van der Waals surface area contributed by atoms with Gasteiger partial charge in [-0.1, -0.05) is 11.6 Å². The van der Waals surface area contributed by atoms with Gasteiger partial charge >= 0.3 is 0 Å². The molecule has 1 aliphatic heterocycles. The highest BCUT2D eigenvalue weighted by Crippen LogP contribution is 2.34. The third kappa shape index (κ3) is 5.63. The number of carbonyl (C=O) groups is 2. The summed E-state index contributed by atoms with van der Waals surface area (Å²) < 4.78 is 15.1. The smallest absolute Gasteiger partial charge is 0.234 e. The summed E-state index contributed by atoms with van der Waals surface area (Å²) in [5, 5.41) is 13.2. The fourth-order valence-corrected chi connectivity index (χ4v) is 4.47. The van der Waals surface area contributed by atoms with E-state index in [2.05, 4.69) is 30.8 Å². The molecular weight excluding hydrogens is 487 g/mol. The van der Waals surface area contributed by atoms with Crippen LogP contribution in [0, 0.1) is 25.6 Å². The van der Waals surface area contributed by atoms with Crippen molar-refractivity contribution in [2.75, 3.05) is 30.3 Å². The Bertz CT molecular complexity index is 1260. The average Bonchev–Trinajstić information content (AvgIpc) is 3.28. The fraction of sp³-hybridized carbons (Fsp3) is 0.375. The van der Waals surface area contributed by atoms with Gasteiger partial charge in [0.2, 0.25) is 11.9 Å². The standard InChI is InChI=1S/C24H28ClFN8O2/c1-13-7-20(29-24-28-11-18(25)22(31-24)30-21-8-14(2)32-33-21)19(26)9-17(13)15-3-5-34(6-4-15)23(36)16(10-27)12-35/h7-9,11-12,15-16H,3-6,10,27H2,1-2H3,(H3,28,29,30,31,32,33). The highest BCUT2D eigenvalue weighted by molar-refractivity contribution is 6.32. The second-order valence-corrected chi connectivity index (χ2v) is 9.25. The van der Waals surface area contributed by atoms with Gasteiger partial charge in [-0.15, -0.1) is 0 Å². The van der Waals surface area contributed by atoms with Gasteiger partial charge in [0, 0.05) is 31.4 Å². The van der Waals surface area contributed by atoms with Gasteiger partial charge in [-0.3, -0.25) is 9.89 Å². The summed E-state index contributed by atoms with van der Waals surface area (Å²) in [4.78, 5) is 33.7. The number of nitrogens with one attached hydrogen (secondary N) is 3. The molecule has 0 saturated carbocycles. The van der Waals surface area contributed by atoms with E-state index in [9.17, 15) is 9.59 Å². The molecule has 1 amide bonds. The number of anilines is 4. The number of nitrogens with two attached hydrogens (primary N) is 1. The first-order valence-corrected chi connectivity index (χ1v) is 12.0. The van der Waals surface area contributed by atoms with Gasteiger partial charge in [0.25, 0.3) is 0 Å². The van der Waals surface area contributed by atoms with Crippen LogP contribution in [-0.2, 0) is 9.59 Å². The van der Waals surface area contributed by atoms with Crippen molar-refractivity contribution in [2.45, 2.75) is 32.6 Å². The lowest BCUT2D eigenvalue weighted by Gasteiger charge is -2.34. The lowest BCUT2D eigenvalue weighted by atomic mass is 9.86. The van der Waals surface area contributed by atoms with Crippen LogP contribution in [0.25, 0.3) is 0 Å². The normalized spacial score (nSPS) is 15.0. The molecule has 3 aromatic rings. The largest absolute Gasteiger partial charge is 0.342 e. The molecule has 190 valence electrons. The first-order chi connectivity index (χ1) is 17.3. The Morgan fingerprint density at radius 1 is 1.31 bits per heavy atom. The van der Waals surface area contributed by atoms with E-state index in [4.69, 9.17) is 17.3 Å². The van der Waals surface area contributed by atoms with Gasteiger partial charge < -0.3 is 26.1 Å². The summed E-state index contributed by atoms with van der Waals surface area (Å²) in [7, 11) is 0. The van der Waals surface area contributed by atoms with E-state index in [0.717, 1.165) is 16.8 Å². The van der Waals surface area contributed by atoms with Crippen molar-refractivity contribution in [2.24, 2.45) is 11.7 Å². The van der Waals surface area contributed by atoms with Crippen LogP contribution in [0.5, 0.6) is 0 Å². The van der Waals surface area contributed by atoms with Crippen molar-refractivity contribution in [3.8, 4) is 0 Å². The molecule has 36 heavy (non-hydrogen) atoms. The number of H-pyrrole nitrogens is 1. The second-order valence-electron chi connectivity index (χ2n) is 8.84. The summed E-state index contributed by atoms with van der Waals surface area (Å²) in [5.41, 5.74) is 8.43. The maximum absolute atomic E-state index is 15.1. The van der Waals surface area contributed by atoms with Crippen LogP contribution in [0.1, 0.15) is 35.6 Å². The lowest BCUT2D eigenvalue weighted by molar-refractivity contribution is -0.138. The molecule has 5 N–H and O–H groups in total. The number of rotatable bonds is 8. The monoisotopic (exact) mass is 514 g/mol. The fourth-order valence-electron chi connectivity index (χ4n) is 4.33. The van der Waals surface area contributed by atoms with E-state index in [0.29, 0.717) is 48.9 Å². The van der Waals surface area contributed by atoms with Crippen molar-refractivity contribution >= 4 is 47.1 Å². The van der Waals surface area contributed by atoms with Crippen LogP contribution in [-0.4, -0.2) is 56.9 Å². The third-order valence-electron chi connectivity index (χ3n) is 6.28. The first kappa shape index (κ1) is 25.5. The number of nitrogens with zero attached hydrogens (tertiary/aromatic N) is 4. The minimum absolute atomic E-state index is 0.00138. The van der Waals surface area contributed by atoms with E-state index in [-0.39, 0.29) is 30.0 Å². The number of hydrogen-bond acceptors (Lipinski definition) is 8. The van der Waals surface area contributed by atoms with Crippen molar-refractivity contribution in [1.82, 2.24) is 25.1 Å². The molecule has 4 rings (SSSR count). The molecule has 0 spiro atoms. The molecule has 0 radical (unpaired) electrons. The molecule has 10 nitrogen and oxygen atoms in total. The average molecular weight is 515 g/mol. The third-order valence-corrected chi connectivity index (χ3v) is 6.56. The van der Waals surface area contributed by atoms with Gasteiger partial charge in [-0.2, -0.15) is 10.1 Å². The number of carbonyl (C=O) groups excluding carboxylic acids is 2. The zero-order chi connectivity index (χ0) is 25.8. The Kier molecular flexibility index (Phi) is 7.80. The number of amides is 1. The van der Waals surface area contributed by atoms with Crippen LogP contribution in [0.4, 0.5) is 27.7 Å². The van der Waals surface area contributed by atoms with Crippen molar-refractivity contribution < 1.29 is 14.0 Å². The predicted octanol–water partition coefficient (Wildman–Crippen LogP) is 3.58. The van der Waals surface area contributed by atoms with Crippen molar-refractivity contribution in [1.29, 1.82) is 0 Å². The number of benzene rings is 1. The molecule has 1 atom stereocenters. The van der Waals surface area contributed by atoms with Gasteiger partial charge in [0.1, 0.15) is 23.0 Å². The molecular formula is C24H28ClFN8O2. The van der Waals surface area contributed by atoms with E-state index in [1.165, 1.54) is 12.3 Å². The molecule has 0 bridgehead atoms. The summed E-state index contributed by atoms with van der Waals surface area (Å²) in [6, 6.07) is 5.04. The molecule has 1 saturated heterocycles. The molecule has 2 aromatic heterocycles. The Morgan fingerprint density at radius 2 is 2.06 bits per heavy atom. The predicted molar refractivity (Wildman–Crippen MR) is 135 cm³/mol. The summed E-state index contributed by atoms with van der Waals surface area (Å²) in [6.07, 6.45) is 3.38. The highest BCUT2D eigenvalue weighted by atomic mass is 35.5. The van der Waals surface area contributed by atoms with Gasteiger partial charge in [0.05, 0.1) is 11.9 Å². The summed E-state index contributed by atoms with van der Waals surface area (Å²) >= 11 is 6.21. The molecule has 1 aromatic carbocycles. The van der Waals surface area contributed by atoms with Gasteiger partial charge in [-0.25, -0.2) is 9.37 Å². The minimum atomic E-state index is -0.805. The van der Waals surface area contributed by atoms with E-state index in [1.807, 2.05) is 13.8 Å². The van der Waals surface area contributed by atoms with Crippen LogP contribution < -0.4 is 16.4 Å². The number of aromatic nitrogens is 4. The highest BCUT2D eigenvalue weighted by Gasteiger charge is 2.29. The van der Waals surface area contributed by atoms with Crippen LogP contribution >= 0.6 is 11.6 Å². The number of aromatic amines is 1. The zero-order valence-electron chi connectivity index (χ0n) is 20.0. The molecule has 3 heterocycles. The minimum Gasteiger partial charge on any atom is -0.342 e. The Hall–Kier alpha value is -3.57.